The first-order valence-electron chi connectivity index (χ1n) is 7.88. The molecule has 1 fully saturated rings. The molecule has 1 aliphatic rings. The van der Waals surface area contributed by atoms with Crippen LogP contribution in [0.3, 0.4) is 0 Å². The predicted molar refractivity (Wildman–Crippen MR) is 90.1 cm³/mol. The average Bonchev–Trinajstić information content (AvgIpc) is 3.33. The Morgan fingerprint density at radius 3 is 2.54 bits per heavy atom. The van der Waals surface area contributed by atoms with E-state index in [2.05, 4.69) is 10.1 Å². The van der Waals surface area contributed by atoms with E-state index >= 15 is 0 Å². The average molecular weight is 376 g/mol. The molecule has 9 heteroatoms. The summed E-state index contributed by atoms with van der Waals surface area (Å²) in [5.41, 5.74) is 0.292. The van der Waals surface area contributed by atoms with Crippen molar-refractivity contribution in [3.8, 4) is 17.1 Å². The van der Waals surface area contributed by atoms with Crippen molar-refractivity contribution in [2.45, 2.75) is 23.7 Å². The molecule has 0 aliphatic heterocycles. The van der Waals surface area contributed by atoms with Gasteiger partial charge >= 0.3 is 0 Å². The SMILES string of the molecule is NS(=O)(=O)c1ccc(F)c(-c2nc(C3CC3)nn2-c2cccc(F)c2)c1. The Morgan fingerprint density at radius 1 is 1.12 bits per heavy atom. The van der Waals surface area contributed by atoms with Crippen LogP contribution in [-0.4, -0.2) is 23.2 Å². The molecule has 1 aromatic heterocycles. The summed E-state index contributed by atoms with van der Waals surface area (Å²) < 4.78 is 52.6. The first-order valence-corrected chi connectivity index (χ1v) is 9.43. The van der Waals surface area contributed by atoms with Gasteiger partial charge in [-0.1, -0.05) is 6.07 Å². The number of benzene rings is 2. The number of rotatable bonds is 4. The van der Waals surface area contributed by atoms with Crippen molar-refractivity contribution < 1.29 is 17.2 Å². The molecule has 0 unspecified atom stereocenters. The minimum absolute atomic E-state index is 0.0693. The summed E-state index contributed by atoms with van der Waals surface area (Å²) in [5.74, 6) is -0.362. The van der Waals surface area contributed by atoms with E-state index in [0.29, 0.717) is 11.5 Å². The van der Waals surface area contributed by atoms with Gasteiger partial charge in [0.2, 0.25) is 10.0 Å². The second-order valence-corrected chi connectivity index (χ2v) is 7.71. The van der Waals surface area contributed by atoms with Gasteiger partial charge in [0.25, 0.3) is 0 Å². The summed E-state index contributed by atoms with van der Waals surface area (Å²) in [4.78, 5) is 4.15. The van der Waals surface area contributed by atoms with Crippen LogP contribution in [0.2, 0.25) is 0 Å². The third-order valence-electron chi connectivity index (χ3n) is 4.13. The Morgan fingerprint density at radius 2 is 1.88 bits per heavy atom. The molecule has 0 amide bonds. The molecule has 1 heterocycles. The quantitative estimate of drug-likeness (QED) is 0.758. The maximum atomic E-state index is 14.5. The molecule has 2 N–H and O–H groups in total. The summed E-state index contributed by atoms with van der Waals surface area (Å²) in [6.45, 7) is 0. The van der Waals surface area contributed by atoms with Crippen molar-refractivity contribution in [2.75, 3.05) is 0 Å². The lowest BCUT2D eigenvalue weighted by Crippen LogP contribution is -2.12. The molecule has 2 aromatic carbocycles. The minimum Gasteiger partial charge on any atom is -0.225 e. The lowest BCUT2D eigenvalue weighted by atomic mass is 10.2. The van der Waals surface area contributed by atoms with Gasteiger partial charge in [-0.25, -0.2) is 32.0 Å². The van der Waals surface area contributed by atoms with Gasteiger partial charge in [0.15, 0.2) is 11.6 Å². The van der Waals surface area contributed by atoms with Gasteiger partial charge in [-0.15, -0.1) is 0 Å². The van der Waals surface area contributed by atoms with Crippen LogP contribution in [-0.2, 0) is 10.0 Å². The number of nitrogens with two attached hydrogens (primary N) is 1. The molecule has 0 spiro atoms. The highest BCUT2D eigenvalue weighted by atomic mass is 32.2. The van der Waals surface area contributed by atoms with Crippen molar-refractivity contribution in [3.05, 3.63) is 59.9 Å². The van der Waals surface area contributed by atoms with Crippen molar-refractivity contribution >= 4 is 10.0 Å². The van der Waals surface area contributed by atoms with Crippen LogP contribution < -0.4 is 5.14 Å². The standard InChI is InChI=1S/C17H14F2N4O2S/c18-11-2-1-3-12(8-11)23-17(21-16(22-23)10-4-5-10)14-9-13(26(20,24)25)6-7-15(14)19/h1-3,6-10H,4-5H2,(H2,20,24,25). The van der Waals surface area contributed by atoms with Gasteiger partial charge in [-0.05, 0) is 49.2 Å². The Labute approximate surface area is 148 Å². The highest BCUT2D eigenvalue weighted by Crippen LogP contribution is 2.39. The lowest BCUT2D eigenvalue weighted by Gasteiger charge is -2.08. The number of sulfonamides is 1. The highest BCUT2D eigenvalue weighted by Gasteiger charge is 2.30. The van der Waals surface area contributed by atoms with Crippen molar-refractivity contribution in [1.82, 2.24) is 14.8 Å². The van der Waals surface area contributed by atoms with Gasteiger partial charge in [0.05, 0.1) is 16.1 Å². The number of hydrogen-bond acceptors (Lipinski definition) is 4. The normalized spacial score (nSPS) is 14.6. The van der Waals surface area contributed by atoms with Crippen LogP contribution in [0.25, 0.3) is 17.1 Å². The smallest absolute Gasteiger partial charge is 0.225 e. The molecule has 0 atom stereocenters. The molecule has 134 valence electrons. The first-order chi connectivity index (χ1) is 12.3. The van der Waals surface area contributed by atoms with Crippen molar-refractivity contribution in [2.24, 2.45) is 5.14 Å². The third-order valence-corrected chi connectivity index (χ3v) is 5.04. The van der Waals surface area contributed by atoms with Crippen LogP contribution in [0.5, 0.6) is 0 Å². The topological polar surface area (TPSA) is 90.9 Å². The van der Waals surface area contributed by atoms with E-state index in [0.717, 1.165) is 31.0 Å². The van der Waals surface area contributed by atoms with E-state index < -0.39 is 21.7 Å². The number of halogens is 2. The Bertz CT molecular complexity index is 1110. The van der Waals surface area contributed by atoms with Gasteiger partial charge in [0.1, 0.15) is 11.6 Å². The monoisotopic (exact) mass is 376 g/mol. The van der Waals surface area contributed by atoms with Gasteiger partial charge in [-0.2, -0.15) is 5.10 Å². The molecular formula is C17H14F2N4O2S. The van der Waals surface area contributed by atoms with E-state index in [9.17, 15) is 17.2 Å². The van der Waals surface area contributed by atoms with E-state index in [4.69, 9.17) is 5.14 Å². The van der Waals surface area contributed by atoms with Gasteiger partial charge < -0.3 is 0 Å². The number of aromatic nitrogens is 3. The molecule has 1 saturated carbocycles. The molecule has 0 bridgehead atoms. The summed E-state index contributed by atoms with van der Waals surface area (Å²) >= 11 is 0. The molecule has 0 saturated heterocycles. The fourth-order valence-corrected chi connectivity index (χ4v) is 3.20. The van der Waals surface area contributed by atoms with Crippen molar-refractivity contribution in [3.63, 3.8) is 0 Å². The Hall–Kier alpha value is -2.65. The maximum absolute atomic E-state index is 14.5. The van der Waals surface area contributed by atoms with E-state index in [1.165, 1.54) is 22.9 Å². The van der Waals surface area contributed by atoms with Crippen LogP contribution >= 0.6 is 0 Å². The molecule has 0 radical (unpaired) electrons. The summed E-state index contributed by atoms with van der Waals surface area (Å²) in [6.07, 6.45) is 1.85. The van der Waals surface area contributed by atoms with E-state index in [1.807, 2.05) is 0 Å². The first kappa shape index (κ1) is 16.8. The van der Waals surface area contributed by atoms with Crippen LogP contribution in [0.1, 0.15) is 24.6 Å². The third kappa shape index (κ3) is 3.11. The summed E-state index contributed by atoms with van der Waals surface area (Å²) in [6, 6.07) is 8.85. The zero-order valence-corrected chi connectivity index (χ0v) is 14.2. The second kappa shape index (κ2) is 5.96. The zero-order valence-electron chi connectivity index (χ0n) is 13.4. The largest absolute Gasteiger partial charge is 0.238 e. The Balaban J connectivity index is 1.94. The predicted octanol–water partition coefficient (Wildman–Crippen LogP) is 2.74. The Kier molecular flexibility index (Phi) is 3.85. The number of primary sulfonamides is 1. The highest BCUT2D eigenvalue weighted by molar-refractivity contribution is 7.89. The zero-order chi connectivity index (χ0) is 18.5. The van der Waals surface area contributed by atoms with Gasteiger partial charge in [0, 0.05) is 5.92 Å². The van der Waals surface area contributed by atoms with Crippen LogP contribution in [0, 0.1) is 11.6 Å². The van der Waals surface area contributed by atoms with Crippen molar-refractivity contribution in [1.29, 1.82) is 0 Å². The molecule has 4 rings (SSSR count). The summed E-state index contributed by atoms with van der Waals surface area (Å²) in [5, 5.41) is 9.53. The van der Waals surface area contributed by atoms with E-state index in [1.54, 1.807) is 6.07 Å². The fraction of sp³-hybridized carbons (Fsp3) is 0.176. The minimum atomic E-state index is -4.02. The number of nitrogens with zero attached hydrogens (tertiary/aromatic N) is 3. The fourth-order valence-electron chi connectivity index (χ4n) is 2.66. The summed E-state index contributed by atoms with van der Waals surface area (Å²) in [7, 11) is -4.02. The lowest BCUT2D eigenvalue weighted by molar-refractivity contribution is 0.596. The van der Waals surface area contributed by atoms with E-state index in [-0.39, 0.29) is 22.2 Å². The van der Waals surface area contributed by atoms with Crippen LogP contribution in [0.15, 0.2) is 47.4 Å². The van der Waals surface area contributed by atoms with Crippen LogP contribution in [0.4, 0.5) is 8.78 Å². The molecule has 26 heavy (non-hydrogen) atoms. The second-order valence-electron chi connectivity index (χ2n) is 6.15. The molecule has 1 aliphatic carbocycles. The number of hydrogen-bond donors (Lipinski definition) is 1. The molecular weight excluding hydrogens is 362 g/mol. The maximum Gasteiger partial charge on any atom is 0.238 e. The van der Waals surface area contributed by atoms with Gasteiger partial charge in [-0.3, -0.25) is 0 Å². The molecule has 3 aromatic rings. The molecule has 6 nitrogen and oxygen atoms in total.